The second kappa shape index (κ2) is 5.96. The summed E-state index contributed by atoms with van der Waals surface area (Å²) in [4.78, 5) is 32.9. The van der Waals surface area contributed by atoms with Crippen LogP contribution < -0.4 is 0 Å². The maximum atomic E-state index is 12.8. The average Bonchev–Trinajstić information content (AvgIpc) is 3.27. The number of carbonyl (C=O) groups is 2. The van der Waals surface area contributed by atoms with Gasteiger partial charge in [-0.2, -0.15) is 0 Å². The van der Waals surface area contributed by atoms with Gasteiger partial charge >= 0.3 is 0 Å². The van der Waals surface area contributed by atoms with E-state index in [1.54, 1.807) is 17.0 Å². The minimum atomic E-state index is -0.179. The van der Waals surface area contributed by atoms with E-state index >= 15 is 0 Å². The molecule has 1 atom stereocenters. The Labute approximate surface area is 138 Å². The van der Waals surface area contributed by atoms with Gasteiger partial charge in [-0.15, -0.1) is 0 Å². The Morgan fingerprint density at radius 1 is 1.25 bits per heavy atom. The number of amides is 1. The maximum Gasteiger partial charge on any atom is 0.270 e. The molecule has 3 aromatic rings. The molecule has 1 aromatic carbocycles. The minimum absolute atomic E-state index is 0.130. The zero-order valence-corrected chi connectivity index (χ0v) is 13.1. The summed E-state index contributed by atoms with van der Waals surface area (Å²) in [5.74, 6) is 0.446. The van der Waals surface area contributed by atoms with Gasteiger partial charge in [0.25, 0.3) is 5.91 Å². The van der Waals surface area contributed by atoms with Crippen molar-refractivity contribution in [1.29, 1.82) is 0 Å². The summed E-state index contributed by atoms with van der Waals surface area (Å²) in [6.45, 7) is 0.650. The third-order valence-corrected chi connectivity index (χ3v) is 4.43. The van der Waals surface area contributed by atoms with Gasteiger partial charge in [-0.25, -0.2) is 4.98 Å². The fourth-order valence-corrected chi connectivity index (χ4v) is 3.22. The number of carbonyl (C=O) groups excluding carboxylic acids is 2. The van der Waals surface area contributed by atoms with E-state index in [1.165, 1.54) is 0 Å². The normalized spacial score (nSPS) is 18.0. The first kappa shape index (κ1) is 14.7. The number of piperidine rings is 1. The fraction of sp³-hybridized carbons (Fsp3) is 0.278. The zero-order chi connectivity index (χ0) is 16.5. The first-order valence-electron chi connectivity index (χ1n) is 8.07. The van der Waals surface area contributed by atoms with Gasteiger partial charge in [-0.1, -0.05) is 12.1 Å². The lowest BCUT2D eigenvalue weighted by Gasteiger charge is -2.33. The number of hydrogen-bond acceptors (Lipinski definition) is 4. The first-order valence-corrected chi connectivity index (χ1v) is 8.07. The molecule has 1 aliphatic rings. The van der Waals surface area contributed by atoms with Gasteiger partial charge in [0.05, 0.1) is 5.69 Å². The largest absolute Gasteiger partial charge is 0.438 e. The van der Waals surface area contributed by atoms with Gasteiger partial charge < -0.3 is 14.3 Å². The van der Waals surface area contributed by atoms with Crippen LogP contribution in [-0.4, -0.2) is 33.6 Å². The molecule has 1 unspecified atom stereocenters. The van der Waals surface area contributed by atoms with Crippen molar-refractivity contribution in [3.8, 4) is 0 Å². The lowest BCUT2D eigenvalue weighted by molar-refractivity contribution is 0.0569. The van der Waals surface area contributed by atoms with Gasteiger partial charge in [0.2, 0.25) is 5.89 Å². The van der Waals surface area contributed by atoms with Gasteiger partial charge in [0, 0.05) is 6.54 Å². The molecule has 0 saturated carbocycles. The topological polar surface area (TPSA) is 79.2 Å². The van der Waals surface area contributed by atoms with Crippen LogP contribution in [0.3, 0.4) is 0 Å². The number of aldehydes is 1. The SMILES string of the molecule is O=Cc1ccc(C(=O)N2CCCCC2c2nc3ccccc3o2)[nH]1. The van der Waals surface area contributed by atoms with Crippen LogP contribution in [0.2, 0.25) is 0 Å². The van der Waals surface area contributed by atoms with Crippen molar-refractivity contribution in [2.75, 3.05) is 6.54 Å². The van der Waals surface area contributed by atoms with E-state index in [-0.39, 0.29) is 11.9 Å². The molecule has 0 spiro atoms. The number of aromatic nitrogens is 2. The van der Waals surface area contributed by atoms with Gasteiger partial charge in [0.1, 0.15) is 17.3 Å². The molecule has 4 rings (SSSR count). The lowest BCUT2D eigenvalue weighted by atomic mass is 10.0. The Bertz CT molecular complexity index is 863. The standard InChI is InChI=1S/C18H17N3O3/c22-11-12-8-9-14(19-12)18(23)21-10-4-3-6-15(21)17-20-13-5-1-2-7-16(13)24-17/h1-2,5,7-9,11,15,19H,3-4,6,10H2. The van der Waals surface area contributed by atoms with Crippen molar-refractivity contribution >= 4 is 23.3 Å². The van der Waals surface area contributed by atoms with E-state index in [4.69, 9.17) is 4.42 Å². The highest BCUT2D eigenvalue weighted by Gasteiger charge is 2.32. The fourth-order valence-electron chi connectivity index (χ4n) is 3.22. The second-order valence-electron chi connectivity index (χ2n) is 5.98. The monoisotopic (exact) mass is 323 g/mol. The van der Waals surface area contributed by atoms with Gasteiger partial charge in [0.15, 0.2) is 11.9 Å². The molecular formula is C18H17N3O3. The quantitative estimate of drug-likeness (QED) is 0.750. The van der Waals surface area contributed by atoms with E-state index in [2.05, 4.69) is 9.97 Å². The number of fused-ring (bicyclic) bond motifs is 1. The Morgan fingerprint density at radius 3 is 2.92 bits per heavy atom. The van der Waals surface area contributed by atoms with Crippen LogP contribution in [0.4, 0.5) is 0 Å². The first-order chi connectivity index (χ1) is 11.8. The summed E-state index contributed by atoms with van der Waals surface area (Å²) in [6.07, 6.45) is 3.49. The Balaban J connectivity index is 1.67. The minimum Gasteiger partial charge on any atom is -0.438 e. The molecule has 1 saturated heterocycles. The molecular weight excluding hydrogens is 306 g/mol. The van der Waals surface area contributed by atoms with E-state index in [0.29, 0.717) is 30.1 Å². The maximum absolute atomic E-state index is 12.8. The van der Waals surface area contributed by atoms with Gasteiger partial charge in [-0.3, -0.25) is 9.59 Å². The molecule has 3 heterocycles. The van der Waals surface area contributed by atoms with E-state index in [0.717, 1.165) is 30.4 Å². The summed E-state index contributed by atoms with van der Waals surface area (Å²) in [7, 11) is 0. The highest BCUT2D eigenvalue weighted by atomic mass is 16.3. The number of oxazole rings is 1. The number of hydrogen-bond donors (Lipinski definition) is 1. The van der Waals surface area contributed by atoms with Crippen LogP contribution >= 0.6 is 0 Å². The summed E-state index contributed by atoms with van der Waals surface area (Å²) in [5, 5.41) is 0. The molecule has 1 fully saturated rings. The number of H-pyrrole nitrogens is 1. The number of para-hydroxylation sites is 2. The Kier molecular flexibility index (Phi) is 3.65. The molecule has 0 radical (unpaired) electrons. The molecule has 1 N–H and O–H groups in total. The number of benzene rings is 1. The predicted octanol–water partition coefficient (Wildman–Crippen LogP) is 3.34. The van der Waals surface area contributed by atoms with Crippen LogP contribution in [0.1, 0.15) is 52.2 Å². The van der Waals surface area contributed by atoms with Crippen LogP contribution in [0.5, 0.6) is 0 Å². The predicted molar refractivity (Wildman–Crippen MR) is 87.8 cm³/mol. The molecule has 2 aromatic heterocycles. The summed E-state index contributed by atoms with van der Waals surface area (Å²) < 4.78 is 5.88. The second-order valence-corrected chi connectivity index (χ2v) is 5.98. The number of nitrogens with one attached hydrogen (secondary N) is 1. The number of rotatable bonds is 3. The average molecular weight is 323 g/mol. The molecule has 6 heteroatoms. The summed E-state index contributed by atoms with van der Waals surface area (Å²) in [6, 6.07) is 10.7. The van der Waals surface area contributed by atoms with Gasteiger partial charge in [-0.05, 0) is 43.5 Å². The van der Waals surface area contributed by atoms with Crippen molar-refractivity contribution in [2.45, 2.75) is 25.3 Å². The Hall–Kier alpha value is -2.89. The van der Waals surface area contributed by atoms with Crippen molar-refractivity contribution in [3.63, 3.8) is 0 Å². The van der Waals surface area contributed by atoms with Crippen LogP contribution in [0.15, 0.2) is 40.8 Å². The zero-order valence-electron chi connectivity index (χ0n) is 13.1. The number of aromatic amines is 1. The van der Waals surface area contributed by atoms with Crippen molar-refractivity contribution in [3.05, 3.63) is 53.7 Å². The smallest absolute Gasteiger partial charge is 0.270 e. The Morgan fingerprint density at radius 2 is 2.12 bits per heavy atom. The van der Waals surface area contributed by atoms with Crippen molar-refractivity contribution in [2.24, 2.45) is 0 Å². The van der Waals surface area contributed by atoms with Crippen molar-refractivity contribution in [1.82, 2.24) is 14.9 Å². The van der Waals surface area contributed by atoms with Crippen LogP contribution in [-0.2, 0) is 0 Å². The molecule has 1 aliphatic heterocycles. The van der Waals surface area contributed by atoms with Crippen LogP contribution in [0.25, 0.3) is 11.1 Å². The molecule has 0 aliphatic carbocycles. The molecule has 1 amide bonds. The molecule has 6 nitrogen and oxygen atoms in total. The van der Waals surface area contributed by atoms with E-state index < -0.39 is 0 Å². The number of nitrogens with zero attached hydrogens (tertiary/aromatic N) is 2. The third-order valence-electron chi connectivity index (χ3n) is 4.43. The summed E-state index contributed by atoms with van der Waals surface area (Å²) >= 11 is 0. The third kappa shape index (κ3) is 2.50. The highest BCUT2D eigenvalue weighted by Crippen LogP contribution is 2.33. The van der Waals surface area contributed by atoms with E-state index in [1.807, 2.05) is 24.3 Å². The molecule has 24 heavy (non-hydrogen) atoms. The van der Waals surface area contributed by atoms with Crippen LogP contribution in [0, 0.1) is 0 Å². The highest BCUT2D eigenvalue weighted by molar-refractivity contribution is 5.94. The van der Waals surface area contributed by atoms with E-state index in [9.17, 15) is 9.59 Å². The lowest BCUT2D eigenvalue weighted by Crippen LogP contribution is -2.38. The summed E-state index contributed by atoms with van der Waals surface area (Å²) in [5.41, 5.74) is 2.34. The van der Waals surface area contributed by atoms with Crippen molar-refractivity contribution < 1.29 is 14.0 Å². The number of likely N-dealkylation sites (tertiary alicyclic amines) is 1. The molecule has 0 bridgehead atoms. The molecule has 122 valence electrons.